The fraction of sp³-hybridized carbons (Fsp3) is 0.533. The normalized spacial score (nSPS) is 14.5. The van der Waals surface area contributed by atoms with Crippen molar-refractivity contribution in [2.24, 2.45) is 5.92 Å². The number of hydrogen-bond acceptors (Lipinski definition) is 2. The molecule has 0 radical (unpaired) electrons. The van der Waals surface area contributed by atoms with Gasteiger partial charge in [0.2, 0.25) is 0 Å². The van der Waals surface area contributed by atoms with E-state index in [1.165, 1.54) is 5.56 Å². The van der Waals surface area contributed by atoms with Crippen LogP contribution in [0.3, 0.4) is 0 Å². The topological polar surface area (TPSA) is 26.3 Å². The Morgan fingerprint density at radius 1 is 1.29 bits per heavy atom. The van der Waals surface area contributed by atoms with E-state index in [1.807, 2.05) is 45.0 Å². The minimum Gasteiger partial charge on any atom is -0.465 e. The van der Waals surface area contributed by atoms with Crippen molar-refractivity contribution in [1.29, 1.82) is 0 Å². The second-order valence-corrected chi connectivity index (χ2v) is 4.94. The minimum absolute atomic E-state index is 0.140. The Labute approximate surface area is 104 Å². The lowest BCUT2D eigenvalue weighted by atomic mass is 9.73. The van der Waals surface area contributed by atoms with E-state index in [-0.39, 0.29) is 11.9 Å². The van der Waals surface area contributed by atoms with Gasteiger partial charge in [0.05, 0.1) is 12.0 Å². The molecule has 0 N–H and O–H groups in total. The van der Waals surface area contributed by atoms with Gasteiger partial charge in [-0.1, -0.05) is 43.7 Å². The van der Waals surface area contributed by atoms with Crippen molar-refractivity contribution < 1.29 is 9.53 Å². The summed E-state index contributed by atoms with van der Waals surface area (Å²) in [5.41, 5.74) is 1.66. The summed E-state index contributed by atoms with van der Waals surface area (Å²) in [6.45, 7) is 10.4. The first-order valence-corrected chi connectivity index (χ1v) is 6.17. The van der Waals surface area contributed by atoms with E-state index < -0.39 is 5.41 Å². The predicted octanol–water partition coefficient (Wildman–Crippen LogP) is 3.47. The summed E-state index contributed by atoms with van der Waals surface area (Å²) in [4.78, 5) is 12.2. The lowest BCUT2D eigenvalue weighted by Gasteiger charge is -2.31. The van der Waals surface area contributed by atoms with Crippen LogP contribution in [-0.2, 0) is 14.9 Å². The maximum Gasteiger partial charge on any atom is 0.316 e. The quantitative estimate of drug-likeness (QED) is 0.746. The third-order valence-corrected chi connectivity index (χ3v) is 3.51. The van der Waals surface area contributed by atoms with Gasteiger partial charge in [-0.3, -0.25) is 4.79 Å². The zero-order valence-corrected chi connectivity index (χ0v) is 11.4. The van der Waals surface area contributed by atoms with Gasteiger partial charge in [-0.05, 0) is 32.3 Å². The van der Waals surface area contributed by atoms with Crippen LogP contribution in [0, 0.1) is 12.8 Å². The van der Waals surface area contributed by atoms with Crippen LogP contribution < -0.4 is 0 Å². The summed E-state index contributed by atoms with van der Waals surface area (Å²) in [5.74, 6) is 0.0584. The van der Waals surface area contributed by atoms with Crippen LogP contribution in [0.4, 0.5) is 0 Å². The number of rotatable bonds is 4. The molecule has 0 aliphatic carbocycles. The summed E-state index contributed by atoms with van der Waals surface area (Å²) in [7, 11) is 0. The van der Waals surface area contributed by atoms with Crippen LogP contribution in [0.15, 0.2) is 24.3 Å². The SMILES string of the molecule is CCOC(=O)C(C)(c1ccc(C)cc1)C(C)C. The maximum atomic E-state index is 12.2. The maximum absolute atomic E-state index is 12.2. The predicted molar refractivity (Wildman–Crippen MR) is 70.0 cm³/mol. The molecule has 0 saturated heterocycles. The van der Waals surface area contributed by atoms with Crippen molar-refractivity contribution in [2.45, 2.75) is 40.0 Å². The number of carbonyl (C=O) groups is 1. The van der Waals surface area contributed by atoms with Gasteiger partial charge >= 0.3 is 5.97 Å². The first kappa shape index (κ1) is 13.8. The van der Waals surface area contributed by atoms with E-state index in [9.17, 15) is 4.79 Å². The number of ether oxygens (including phenoxy) is 1. The molecule has 0 spiro atoms. The van der Waals surface area contributed by atoms with Gasteiger partial charge in [-0.15, -0.1) is 0 Å². The van der Waals surface area contributed by atoms with Crippen LogP contribution in [0.2, 0.25) is 0 Å². The summed E-state index contributed by atoms with van der Waals surface area (Å²) in [5, 5.41) is 0. The van der Waals surface area contributed by atoms with E-state index in [0.29, 0.717) is 6.61 Å². The first-order chi connectivity index (χ1) is 7.92. The minimum atomic E-state index is -0.566. The third kappa shape index (κ3) is 2.68. The Hall–Kier alpha value is -1.31. The molecular weight excluding hydrogens is 212 g/mol. The van der Waals surface area contributed by atoms with Crippen molar-refractivity contribution in [3.8, 4) is 0 Å². The van der Waals surface area contributed by atoms with Crippen LogP contribution in [0.1, 0.15) is 38.8 Å². The lowest BCUT2D eigenvalue weighted by Crippen LogP contribution is -2.39. The number of aryl methyl sites for hydroxylation is 1. The summed E-state index contributed by atoms with van der Waals surface area (Å²) >= 11 is 0. The number of benzene rings is 1. The number of carbonyl (C=O) groups excluding carboxylic acids is 1. The highest BCUT2D eigenvalue weighted by Gasteiger charge is 2.39. The molecule has 2 nitrogen and oxygen atoms in total. The molecule has 1 unspecified atom stereocenters. The van der Waals surface area contributed by atoms with Crippen LogP contribution in [0.25, 0.3) is 0 Å². The van der Waals surface area contributed by atoms with Gasteiger partial charge in [0.25, 0.3) is 0 Å². The molecule has 1 aromatic carbocycles. The molecule has 0 heterocycles. The van der Waals surface area contributed by atoms with Gasteiger partial charge in [0, 0.05) is 0 Å². The van der Waals surface area contributed by atoms with Crippen molar-refractivity contribution in [3.05, 3.63) is 35.4 Å². The third-order valence-electron chi connectivity index (χ3n) is 3.51. The standard InChI is InChI=1S/C15H22O2/c1-6-17-14(16)15(5,11(2)3)13-9-7-12(4)8-10-13/h7-11H,6H2,1-5H3. The van der Waals surface area contributed by atoms with E-state index in [2.05, 4.69) is 13.8 Å². The molecular formula is C15H22O2. The van der Waals surface area contributed by atoms with E-state index in [0.717, 1.165) is 5.56 Å². The van der Waals surface area contributed by atoms with Gasteiger partial charge in [0.15, 0.2) is 0 Å². The molecule has 1 atom stereocenters. The lowest BCUT2D eigenvalue weighted by molar-refractivity contribution is -0.151. The van der Waals surface area contributed by atoms with Crippen LogP contribution in [0.5, 0.6) is 0 Å². The Morgan fingerprint density at radius 3 is 2.24 bits per heavy atom. The molecule has 1 aromatic rings. The Kier molecular flexibility index (Phi) is 4.33. The summed E-state index contributed by atoms with van der Waals surface area (Å²) < 4.78 is 5.21. The van der Waals surface area contributed by atoms with Crippen molar-refractivity contribution >= 4 is 5.97 Å². The van der Waals surface area contributed by atoms with E-state index in [1.54, 1.807) is 0 Å². The van der Waals surface area contributed by atoms with Crippen molar-refractivity contribution in [3.63, 3.8) is 0 Å². The Morgan fingerprint density at radius 2 is 1.82 bits per heavy atom. The first-order valence-electron chi connectivity index (χ1n) is 6.17. The monoisotopic (exact) mass is 234 g/mol. The molecule has 0 saturated carbocycles. The fourth-order valence-corrected chi connectivity index (χ4v) is 1.87. The molecule has 0 aromatic heterocycles. The van der Waals surface area contributed by atoms with Crippen LogP contribution >= 0.6 is 0 Å². The average Bonchev–Trinajstić information content (AvgIpc) is 2.29. The zero-order valence-electron chi connectivity index (χ0n) is 11.4. The average molecular weight is 234 g/mol. The summed E-state index contributed by atoms with van der Waals surface area (Å²) in [6.07, 6.45) is 0. The Bertz CT molecular complexity index is 378. The second kappa shape index (κ2) is 5.35. The fourth-order valence-electron chi connectivity index (χ4n) is 1.87. The highest BCUT2D eigenvalue weighted by molar-refractivity contribution is 5.83. The molecule has 0 fully saturated rings. The highest BCUT2D eigenvalue weighted by atomic mass is 16.5. The van der Waals surface area contributed by atoms with Gasteiger partial charge in [-0.2, -0.15) is 0 Å². The van der Waals surface area contributed by atoms with Crippen molar-refractivity contribution in [1.82, 2.24) is 0 Å². The van der Waals surface area contributed by atoms with E-state index in [4.69, 9.17) is 4.74 Å². The van der Waals surface area contributed by atoms with Gasteiger partial charge in [0.1, 0.15) is 0 Å². The molecule has 0 aliphatic rings. The van der Waals surface area contributed by atoms with Gasteiger partial charge < -0.3 is 4.74 Å². The molecule has 17 heavy (non-hydrogen) atoms. The highest BCUT2D eigenvalue weighted by Crippen LogP contribution is 2.33. The molecule has 2 heteroatoms. The van der Waals surface area contributed by atoms with Crippen LogP contribution in [-0.4, -0.2) is 12.6 Å². The largest absolute Gasteiger partial charge is 0.465 e. The molecule has 0 amide bonds. The number of esters is 1. The van der Waals surface area contributed by atoms with E-state index >= 15 is 0 Å². The Balaban J connectivity index is 3.16. The zero-order chi connectivity index (χ0) is 13.1. The number of hydrogen-bond donors (Lipinski definition) is 0. The molecule has 0 bridgehead atoms. The van der Waals surface area contributed by atoms with Crippen molar-refractivity contribution in [2.75, 3.05) is 6.61 Å². The molecule has 0 aliphatic heterocycles. The second-order valence-electron chi connectivity index (χ2n) is 4.94. The summed E-state index contributed by atoms with van der Waals surface area (Å²) in [6, 6.07) is 8.11. The molecule has 1 rings (SSSR count). The van der Waals surface area contributed by atoms with Gasteiger partial charge in [-0.25, -0.2) is 0 Å². The molecule has 94 valence electrons. The smallest absolute Gasteiger partial charge is 0.316 e.